The van der Waals surface area contributed by atoms with E-state index in [-0.39, 0.29) is 11.5 Å². The number of epoxide rings is 1. The van der Waals surface area contributed by atoms with Crippen molar-refractivity contribution >= 4 is 0 Å². The highest BCUT2D eigenvalue weighted by molar-refractivity contribution is 5.00. The van der Waals surface area contributed by atoms with E-state index in [4.69, 9.17) is 4.74 Å². The van der Waals surface area contributed by atoms with Crippen molar-refractivity contribution in [2.24, 2.45) is 5.92 Å². The molecule has 2 heteroatoms. The average molecular weight is 142 g/mol. The van der Waals surface area contributed by atoms with Gasteiger partial charge in [-0.15, -0.1) is 6.58 Å². The number of aliphatic hydroxyl groups is 1. The lowest BCUT2D eigenvalue weighted by atomic mass is 9.94. The molecule has 0 bridgehead atoms. The SMILES string of the molecule is C=CC(C)C(O)C1(C)CO1. The third-order valence-corrected chi connectivity index (χ3v) is 2.10. The summed E-state index contributed by atoms with van der Waals surface area (Å²) in [6.07, 6.45) is 1.35. The summed E-state index contributed by atoms with van der Waals surface area (Å²) in [7, 11) is 0. The monoisotopic (exact) mass is 142 g/mol. The van der Waals surface area contributed by atoms with Crippen molar-refractivity contribution in [3.05, 3.63) is 12.7 Å². The van der Waals surface area contributed by atoms with Crippen molar-refractivity contribution < 1.29 is 9.84 Å². The van der Waals surface area contributed by atoms with Crippen LogP contribution in [-0.4, -0.2) is 23.4 Å². The first-order valence-corrected chi connectivity index (χ1v) is 3.55. The zero-order chi connectivity index (χ0) is 7.78. The third-order valence-electron chi connectivity index (χ3n) is 2.10. The molecular weight excluding hydrogens is 128 g/mol. The summed E-state index contributed by atoms with van der Waals surface area (Å²) in [6.45, 7) is 8.13. The summed E-state index contributed by atoms with van der Waals surface area (Å²) >= 11 is 0. The van der Waals surface area contributed by atoms with Crippen LogP contribution in [0.4, 0.5) is 0 Å². The van der Waals surface area contributed by atoms with Gasteiger partial charge in [-0.05, 0) is 6.92 Å². The van der Waals surface area contributed by atoms with Crippen molar-refractivity contribution in [1.29, 1.82) is 0 Å². The average Bonchev–Trinajstić information content (AvgIpc) is 2.66. The van der Waals surface area contributed by atoms with Crippen LogP contribution < -0.4 is 0 Å². The lowest BCUT2D eigenvalue weighted by Gasteiger charge is -2.18. The molecule has 1 rings (SSSR count). The summed E-state index contributed by atoms with van der Waals surface area (Å²) in [5, 5.41) is 9.52. The fraction of sp³-hybridized carbons (Fsp3) is 0.750. The van der Waals surface area contributed by atoms with E-state index in [2.05, 4.69) is 6.58 Å². The van der Waals surface area contributed by atoms with Gasteiger partial charge < -0.3 is 9.84 Å². The van der Waals surface area contributed by atoms with E-state index in [9.17, 15) is 5.11 Å². The summed E-state index contributed by atoms with van der Waals surface area (Å²) in [4.78, 5) is 0. The standard InChI is InChI=1S/C8H14O2/c1-4-6(2)7(9)8(3)5-10-8/h4,6-7,9H,1,5H2,2-3H3. The van der Waals surface area contributed by atoms with Crippen LogP contribution in [0.3, 0.4) is 0 Å². The van der Waals surface area contributed by atoms with Crippen molar-refractivity contribution in [2.75, 3.05) is 6.61 Å². The lowest BCUT2D eigenvalue weighted by Crippen LogP contribution is -2.31. The second-order valence-corrected chi connectivity index (χ2v) is 3.14. The molecule has 0 amide bonds. The fourth-order valence-corrected chi connectivity index (χ4v) is 0.970. The molecule has 0 radical (unpaired) electrons. The van der Waals surface area contributed by atoms with Gasteiger partial charge in [0.15, 0.2) is 0 Å². The molecule has 1 fully saturated rings. The van der Waals surface area contributed by atoms with Gasteiger partial charge in [0, 0.05) is 5.92 Å². The summed E-state index contributed by atoms with van der Waals surface area (Å²) in [5.74, 6) is 0.118. The van der Waals surface area contributed by atoms with Crippen LogP contribution in [-0.2, 0) is 4.74 Å². The van der Waals surface area contributed by atoms with Crippen LogP contribution in [0.15, 0.2) is 12.7 Å². The van der Waals surface area contributed by atoms with Gasteiger partial charge in [-0.3, -0.25) is 0 Å². The molecule has 0 spiro atoms. The molecule has 1 saturated heterocycles. The molecule has 0 aromatic rings. The highest BCUT2D eigenvalue weighted by Gasteiger charge is 2.47. The van der Waals surface area contributed by atoms with Crippen molar-refractivity contribution in [3.8, 4) is 0 Å². The minimum atomic E-state index is -0.398. The van der Waals surface area contributed by atoms with E-state index in [0.717, 1.165) is 0 Å². The van der Waals surface area contributed by atoms with Gasteiger partial charge in [0.05, 0.1) is 12.7 Å². The van der Waals surface area contributed by atoms with Gasteiger partial charge >= 0.3 is 0 Å². The topological polar surface area (TPSA) is 32.8 Å². The normalized spacial score (nSPS) is 36.7. The molecule has 3 unspecified atom stereocenters. The molecule has 1 aliphatic rings. The Kier molecular flexibility index (Phi) is 1.84. The van der Waals surface area contributed by atoms with Crippen LogP contribution in [0.1, 0.15) is 13.8 Å². The minimum absolute atomic E-state index is 0.118. The third kappa shape index (κ3) is 1.22. The van der Waals surface area contributed by atoms with Crippen molar-refractivity contribution in [3.63, 3.8) is 0 Å². The number of rotatable bonds is 3. The Bertz CT molecular complexity index is 138. The van der Waals surface area contributed by atoms with E-state index < -0.39 is 6.10 Å². The maximum atomic E-state index is 9.52. The zero-order valence-electron chi connectivity index (χ0n) is 6.50. The Balaban J connectivity index is 2.47. The molecule has 2 nitrogen and oxygen atoms in total. The molecule has 1 aliphatic heterocycles. The first-order chi connectivity index (χ1) is 4.60. The van der Waals surface area contributed by atoms with Gasteiger partial charge in [-0.1, -0.05) is 13.0 Å². The molecule has 1 heterocycles. The summed E-state index contributed by atoms with van der Waals surface area (Å²) in [5.41, 5.74) is -0.284. The van der Waals surface area contributed by atoms with Crippen LogP contribution >= 0.6 is 0 Å². The number of hydrogen-bond donors (Lipinski definition) is 1. The van der Waals surface area contributed by atoms with E-state index in [1.807, 2.05) is 13.8 Å². The van der Waals surface area contributed by atoms with Crippen LogP contribution in [0.2, 0.25) is 0 Å². The summed E-state index contributed by atoms with van der Waals surface area (Å²) < 4.78 is 5.08. The number of aliphatic hydroxyl groups excluding tert-OH is 1. The number of hydrogen-bond acceptors (Lipinski definition) is 2. The highest BCUT2D eigenvalue weighted by atomic mass is 16.6. The smallest absolute Gasteiger partial charge is 0.115 e. The molecule has 0 aromatic carbocycles. The molecule has 0 aromatic heterocycles. The molecule has 58 valence electrons. The second-order valence-electron chi connectivity index (χ2n) is 3.14. The Morgan fingerprint density at radius 1 is 1.80 bits per heavy atom. The lowest BCUT2D eigenvalue weighted by molar-refractivity contribution is 0.0567. The molecule has 0 saturated carbocycles. The molecule has 0 aliphatic carbocycles. The maximum Gasteiger partial charge on any atom is 0.115 e. The zero-order valence-corrected chi connectivity index (χ0v) is 6.50. The van der Waals surface area contributed by atoms with Gasteiger partial charge in [0.1, 0.15) is 5.60 Å². The van der Waals surface area contributed by atoms with E-state index in [1.165, 1.54) is 0 Å². The van der Waals surface area contributed by atoms with Crippen LogP contribution in [0.25, 0.3) is 0 Å². The Hall–Kier alpha value is -0.340. The molecular formula is C8H14O2. The van der Waals surface area contributed by atoms with Crippen molar-refractivity contribution in [2.45, 2.75) is 25.6 Å². The van der Waals surface area contributed by atoms with E-state index in [0.29, 0.717) is 6.61 Å². The largest absolute Gasteiger partial charge is 0.389 e. The number of ether oxygens (including phenoxy) is 1. The predicted octanol–water partition coefficient (Wildman–Crippen LogP) is 0.958. The van der Waals surface area contributed by atoms with E-state index in [1.54, 1.807) is 6.08 Å². The van der Waals surface area contributed by atoms with Crippen molar-refractivity contribution in [1.82, 2.24) is 0 Å². The Labute approximate surface area is 61.5 Å². The Morgan fingerprint density at radius 2 is 2.30 bits per heavy atom. The first-order valence-electron chi connectivity index (χ1n) is 3.55. The summed E-state index contributed by atoms with van der Waals surface area (Å²) in [6, 6.07) is 0. The first kappa shape index (κ1) is 7.76. The molecule has 3 atom stereocenters. The second kappa shape index (κ2) is 2.36. The van der Waals surface area contributed by atoms with Gasteiger partial charge in [-0.2, -0.15) is 0 Å². The van der Waals surface area contributed by atoms with Gasteiger partial charge in [0.25, 0.3) is 0 Å². The van der Waals surface area contributed by atoms with Crippen LogP contribution in [0, 0.1) is 5.92 Å². The predicted molar refractivity (Wildman–Crippen MR) is 39.7 cm³/mol. The minimum Gasteiger partial charge on any atom is -0.389 e. The van der Waals surface area contributed by atoms with Gasteiger partial charge in [0.2, 0.25) is 0 Å². The molecule has 1 N–H and O–H groups in total. The van der Waals surface area contributed by atoms with Gasteiger partial charge in [-0.25, -0.2) is 0 Å². The quantitative estimate of drug-likeness (QED) is 0.470. The Morgan fingerprint density at radius 3 is 2.60 bits per heavy atom. The molecule has 10 heavy (non-hydrogen) atoms. The highest BCUT2D eigenvalue weighted by Crippen LogP contribution is 2.33. The fourth-order valence-electron chi connectivity index (χ4n) is 0.970. The van der Waals surface area contributed by atoms with E-state index >= 15 is 0 Å². The maximum absolute atomic E-state index is 9.52. The van der Waals surface area contributed by atoms with Crippen LogP contribution in [0.5, 0.6) is 0 Å².